The van der Waals surface area contributed by atoms with E-state index in [1.54, 1.807) is 31.3 Å². The van der Waals surface area contributed by atoms with Crippen molar-refractivity contribution in [1.29, 1.82) is 0 Å². The minimum Gasteiger partial charge on any atom is -0.444 e. The monoisotopic (exact) mass is 281 g/mol. The Morgan fingerprint density at radius 3 is 2.68 bits per heavy atom. The van der Waals surface area contributed by atoms with Gasteiger partial charge in [0.05, 0.1) is 18.4 Å². The van der Waals surface area contributed by atoms with Crippen LogP contribution in [0.15, 0.2) is 39.8 Å². The molecule has 0 aliphatic carbocycles. The van der Waals surface area contributed by atoms with Crippen molar-refractivity contribution in [3.05, 3.63) is 42.1 Å². The summed E-state index contributed by atoms with van der Waals surface area (Å²) in [6.07, 6.45) is 1.62. The number of aryl methyl sites for hydroxylation is 1. The van der Waals surface area contributed by atoms with Crippen molar-refractivity contribution >= 4 is 15.7 Å². The summed E-state index contributed by atoms with van der Waals surface area (Å²) in [6.45, 7) is 2.12. The molecule has 0 atom stereocenters. The zero-order valence-electron chi connectivity index (χ0n) is 10.7. The molecule has 7 heteroatoms. The fourth-order valence-corrected chi connectivity index (χ4v) is 2.52. The normalized spacial score (nSPS) is 11.5. The largest absolute Gasteiger partial charge is 0.444 e. The number of sulfonamides is 1. The van der Waals surface area contributed by atoms with E-state index in [0.29, 0.717) is 23.9 Å². The highest BCUT2D eigenvalue weighted by molar-refractivity contribution is 7.89. The van der Waals surface area contributed by atoms with Gasteiger partial charge in [-0.1, -0.05) is 12.1 Å². The summed E-state index contributed by atoms with van der Waals surface area (Å²) < 4.78 is 31.3. The second kappa shape index (κ2) is 5.41. The van der Waals surface area contributed by atoms with Gasteiger partial charge < -0.3 is 9.73 Å². The summed E-state index contributed by atoms with van der Waals surface area (Å²) in [5.41, 5.74) is 0.507. The highest BCUT2D eigenvalue weighted by Gasteiger charge is 2.16. The Balaban J connectivity index is 2.21. The van der Waals surface area contributed by atoms with Crippen LogP contribution in [0.3, 0.4) is 0 Å². The van der Waals surface area contributed by atoms with Crippen molar-refractivity contribution in [2.45, 2.75) is 18.4 Å². The van der Waals surface area contributed by atoms with Crippen molar-refractivity contribution in [2.75, 3.05) is 12.4 Å². The quantitative estimate of drug-likeness (QED) is 0.867. The molecule has 2 rings (SSSR count). The van der Waals surface area contributed by atoms with Crippen LogP contribution in [0.25, 0.3) is 0 Å². The summed E-state index contributed by atoms with van der Waals surface area (Å²) in [7, 11) is -2.11. The molecule has 0 radical (unpaired) electrons. The van der Waals surface area contributed by atoms with Crippen LogP contribution >= 0.6 is 0 Å². The van der Waals surface area contributed by atoms with Gasteiger partial charge in [0.25, 0.3) is 0 Å². The topological polar surface area (TPSA) is 84.2 Å². The number of hydrogen-bond donors (Lipinski definition) is 2. The van der Waals surface area contributed by atoms with E-state index in [9.17, 15) is 8.42 Å². The zero-order chi connectivity index (χ0) is 13.9. The van der Waals surface area contributed by atoms with E-state index < -0.39 is 10.0 Å². The Kier molecular flexibility index (Phi) is 3.87. The molecule has 0 bridgehead atoms. The van der Waals surface area contributed by atoms with E-state index in [2.05, 4.69) is 15.0 Å². The fourth-order valence-electron chi connectivity index (χ4n) is 1.61. The summed E-state index contributed by atoms with van der Waals surface area (Å²) in [5.74, 6) is 1.22. The number of aromatic nitrogens is 1. The number of anilines is 1. The highest BCUT2D eigenvalue weighted by Crippen LogP contribution is 2.20. The molecule has 0 saturated carbocycles. The molecule has 0 fully saturated rings. The third-order valence-electron chi connectivity index (χ3n) is 2.54. The number of oxazole rings is 1. The van der Waals surface area contributed by atoms with E-state index >= 15 is 0 Å². The second-order valence-corrected chi connectivity index (χ2v) is 5.78. The van der Waals surface area contributed by atoms with Crippen molar-refractivity contribution in [3.8, 4) is 0 Å². The molecule has 0 aliphatic rings. The molecule has 19 heavy (non-hydrogen) atoms. The molecular weight excluding hydrogens is 266 g/mol. The predicted molar refractivity (Wildman–Crippen MR) is 71.3 cm³/mol. The molecule has 0 spiro atoms. The SMILES string of the molecule is CNS(=O)(=O)c1ccccc1NCc1ncc(C)o1. The number of nitrogens with one attached hydrogen (secondary N) is 2. The Morgan fingerprint density at radius 1 is 1.32 bits per heavy atom. The molecule has 102 valence electrons. The van der Waals surface area contributed by atoms with Gasteiger partial charge >= 0.3 is 0 Å². The Labute approximate surface area is 111 Å². The lowest BCUT2D eigenvalue weighted by Crippen LogP contribution is -2.20. The lowest BCUT2D eigenvalue weighted by molar-refractivity contribution is 0.479. The molecule has 2 N–H and O–H groups in total. The lowest BCUT2D eigenvalue weighted by Gasteiger charge is -2.10. The average Bonchev–Trinajstić information content (AvgIpc) is 2.82. The first-order valence-corrected chi connectivity index (χ1v) is 7.19. The Morgan fingerprint density at radius 2 is 2.05 bits per heavy atom. The van der Waals surface area contributed by atoms with Gasteiger partial charge in [0.2, 0.25) is 15.9 Å². The summed E-state index contributed by atoms with van der Waals surface area (Å²) in [4.78, 5) is 4.24. The van der Waals surface area contributed by atoms with Gasteiger partial charge in [-0.25, -0.2) is 18.1 Å². The molecule has 1 heterocycles. The van der Waals surface area contributed by atoms with Crippen molar-refractivity contribution < 1.29 is 12.8 Å². The van der Waals surface area contributed by atoms with Crippen LogP contribution in [-0.2, 0) is 16.6 Å². The first kappa shape index (κ1) is 13.6. The van der Waals surface area contributed by atoms with Crippen molar-refractivity contribution in [2.24, 2.45) is 0 Å². The minimum absolute atomic E-state index is 0.195. The number of rotatable bonds is 5. The van der Waals surface area contributed by atoms with Crippen LogP contribution < -0.4 is 10.0 Å². The van der Waals surface area contributed by atoms with Crippen LogP contribution in [-0.4, -0.2) is 20.4 Å². The molecule has 0 amide bonds. The fraction of sp³-hybridized carbons (Fsp3) is 0.250. The molecule has 0 aliphatic heterocycles. The van der Waals surface area contributed by atoms with E-state index in [1.807, 2.05) is 0 Å². The van der Waals surface area contributed by atoms with E-state index in [-0.39, 0.29) is 4.90 Å². The van der Waals surface area contributed by atoms with Crippen LogP contribution in [0.2, 0.25) is 0 Å². The third kappa shape index (κ3) is 3.12. The van der Waals surface area contributed by atoms with Crippen LogP contribution in [0.4, 0.5) is 5.69 Å². The Bertz CT molecular complexity index is 664. The summed E-state index contributed by atoms with van der Waals surface area (Å²) in [5, 5.41) is 3.01. The molecule has 1 aromatic heterocycles. The number of benzene rings is 1. The first-order chi connectivity index (χ1) is 9.03. The summed E-state index contributed by atoms with van der Waals surface area (Å²) in [6, 6.07) is 6.66. The summed E-state index contributed by atoms with van der Waals surface area (Å²) >= 11 is 0. The van der Waals surface area contributed by atoms with Gasteiger partial charge in [-0.05, 0) is 26.1 Å². The lowest BCUT2D eigenvalue weighted by atomic mass is 10.3. The van der Waals surface area contributed by atoms with Crippen LogP contribution in [0.5, 0.6) is 0 Å². The zero-order valence-corrected chi connectivity index (χ0v) is 11.5. The first-order valence-electron chi connectivity index (χ1n) is 5.70. The number of hydrogen-bond acceptors (Lipinski definition) is 5. The van der Waals surface area contributed by atoms with Gasteiger partial charge in [-0.3, -0.25) is 0 Å². The molecule has 0 saturated heterocycles. The highest BCUT2D eigenvalue weighted by atomic mass is 32.2. The third-order valence-corrected chi connectivity index (χ3v) is 4.02. The second-order valence-electron chi connectivity index (χ2n) is 3.92. The maximum atomic E-state index is 11.8. The van der Waals surface area contributed by atoms with Gasteiger partial charge in [0.15, 0.2) is 0 Å². The smallest absolute Gasteiger partial charge is 0.242 e. The van der Waals surface area contributed by atoms with Crippen LogP contribution in [0.1, 0.15) is 11.7 Å². The van der Waals surface area contributed by atoms with Gasteiger partial charge in [-0.15, -0.1) is 0 Å². The predicted octanol–water partition coefficient (Wildman–Crippen LogP) is 1.50. The molecular formula is C12H15N3O3S. The maximum absolute atomic E-state index is 11.8. The molecule has 1 aromatic carbocycles. The number of para-hydroxylation sites is 1. The van der Waals surface area contributed by atoms with Crippen molar-refractivity contribution in [1.82, 2.24) is 9.71 Å². The maximum Gasteiger partial charge on any atom is 0.242 e. The average molecular weight is 281 g/mol. The van der Waals surface area contributed by atoms with E-state index in [1.165, 1.54) is 13.1 Å². The van der Waals surface area contributed by atoms with Crippen molar-refractivity contribution in [3.63, 3.8) is 0 Å². The van der Waals surface area contributed by atoms with Gasteiger partial charge in [-0.2, -0.15) is 0 Å². The van der Waals surface area contributed by atoms with E-state index in [0.717, 1.165) is 0 Å². The molecule has 6 nitrogen and oxygen atoms in total. The van der Waals surface area contributed by atoms with E-state index in [4.69, 9.17) is 4.42 Å². The minimum atomic E-state index is -3.49. The Hall–Kier alpha value is -1.86. The standard InChI is InChI=1S/C12H15N3O3S/c1-9-7-15-12(18-9)8-14-10-5-3-4-6-11(10)19(16,17)13-2/h3-7,13-14H,8H2,1-2H3. The van der Waals surface area contributed by atoms with Gasteiger partial charge in [0.1, 0.15) is 10.7 Å². The van der Waals surface area contributed by atoms with Crippen LogP contribution in [0, 0.1) is 6.92 Å². The molecule has 0 unspecified atom stereocenters. The van der Waals surface area contributed by atoms with Gasteiger partial charge in [0, 0.05) is 0 Å². The molecule has 2 aromatic rings. The number of nitrogens with zero attached hydrogens (tertiary/aromatic N) is 1.